The van der Waals surface area contributed by atoms with Crippen LogP contribution in [0, 0.1) is 0 Å². The van der Waals surface area contributed by atoms with Gasteiger partial charge in [-0.25, -0.2) is 4.79 Å². The van der Waals surface area contributed by atoms with E-state index in [0.29, 0.717) is 18.6 Å². The molecule has 0 saturated heterocycles. The maximum absolute atomic E-state index is 13.0. The minimum Gasteiger partial charge on any atom is -0.496 e. The van der Waals surface area contributed by atoms with Gasteiger partial charge < -0.3 is 15.0 Å². The summed E-state index contributed by atoms with van der Waals surface area (Å²) >= 11 is 0. The molecule has 0 aliphatic heterocycles. The van der Waals surface area contributed by atoms with Crippen LogP contribution in [0.5, 0.6) is 5.75 Å². The molecule has 2 saturated carbocycles. The molecule has 0 aromatic heterocycles. The van der Waals surface area contributed by atoms with Crippen LogP contribution in [0.25, 0.3) is 0 Å². The Balaban J connectivity index is 1.71. The van der Waals surface area contributed by atoms with Gasteiger partial charge >= 0.3 is 6.03 Å². The monoisotopic (exact) mass is 330 g/mol. The van der Waals surface area contributed by atoms with Crippen molar-refractivity contribution in [1.29, 1.82) is 0 Å². The molecule has 0 spiro atoms. The standard InChI is InChI=1S/C20H30N2O2/c1-24-19-14-8-5-9-16(19)15-22(18-12-6-7-13-18)20(23)21-17-10-3-2-4-11-17/h5,8-9,14,17-18H,2-4,6-7,10-13,15H2,1H3,(H,21,23). The predicted molar refractivity (Wildman–Crippen MR) is 96.2 cm³/mol. The van der Waals surface area contributed by atoms with Gasteiger partial charge in [-0.15, -0.1) is 0 Å². The van der Waals surface area contributed by atoms with Gasteiger partial charge in [0.1, 0.15) is 5.75 Å². The van der Waals surface area contributed by atoms with Gasteiger partial charge in [-0.3, -0.25) is 0 Å². The zero-order chi connectivity index (χ0) is 16.8. The fraction of sp³-hybridized carbons (Fsp3) is 0.650. The first-order valence-corrected chi connectivity index (χ1v) is 9.47. The number of urea groups is 1. The van der Waals surface area contributed by atoms with Gasteiger partial charge in [0.2, 0.25) is 0 Å². The highest BCUT2D eigenvalue weighted by Gasteiger charge is 2.29. The lowest BCUT2D eigenvalue weighted by molar-refractivity contribution is 0.163. The molecule has 3 rings (SSSR count). The van der Waals surface area contributed by atoms with Crippen molar-refractivity contribution in [1.82, 2.24) is 10.2 Å². The fourth-order valence-corrected chi connectivity index (χ4v) is 4.10. The lowest BCUT2D eigenvalue weighted by Gasteiger charge is -2.32. The lowest BCUT2D eigenvalue weighted by atomic mass is 9.96. The number of carbonyl (C=O) groups is 1. The largest absolute Gasteiger partial charge is 0.496 e. The molecule has 4 nitrogen and oxygen atoms in total. The van der Waals surface area contributed by atoms with Gasteiger partial charge in [-0.2, -0.15) is 0 Å². The maximum atomic E-state index is 13.0. The number of amides is 2. The van der Waals surface area contributed by atoms with Crippen molar-refractivity contribution in [2.75, 3.05) is 7.11 Å². The molecule has 2 aliphatic carbocycles. The summed E-state index contributed by atoms with van der Waals surface area (Å²) < 4.78 is 5.48. The van der Waals surface area contributed by atoms with E-state index in [1.165, 1.54) is 32.1 Å². The average molecular weight is 330 g/mol. The van der Waals surface area contributed by atoms with Crippen molar-refractivity contribution in [3.8, 4) is 5.75 Å². The lowest BCUT2D eigenvalue weighted by Crippen LogP contribution is -2.48. The molecule has 2 fully saturated rings. The van der Waals surface area contributed by atoms with Gasteiger partial charge in [0, 0.05) is 17.6 Å². The van der Waals surface area contributed by atoms with Crippen LogP contribution in [0.15, 0.2) is 24.3 Å². The van der Waals surface area contributed by atoms with E-state index in [1.54, 1.807) is 7.11 Å². The molecule has 0 radical (unpaired) electrons. The Morgan fingerprint density at radius 3 is 2.46 bits per heavy atom. The van der Waals surface area contributed by atoms with E-state index >= 15 is 0 Å². The Morgan fingerprint density at radius 1 is 1.08 bits per heavy atom. The van der Waals surface area contributed by atoms with Gasteiger partial charge in [0.25, 0.3) is 0 Å². The SMILES string of the molecule is COc1ccccc1CN(C(=O)NC1CCCCC1)C1CCCC1. The quantitative estimate of drug-likeness (QED) is 0.864. The molecule has 1 aromatic carbocycles. The highest BCUT2D eigenvalue weighted by atomic mass is 16.5. The Hall–Kier alpha value is -1.71. The van der Waals surface area contributed by atoms with Crippen molar-refractivity contribution in [2.24, 2.45) is 0 Å². The van der Waals surface area contributed by atoms with Crippen molar-refractivity contribution in [2.45, 2.75) is 76.4 Å². The van der Waals surface area contributed by atoms with E-state index in [9.17, 15) is 4.79 Å². The summed E-state index contributed by atoms with van der Waals surface area (Å²) in [5.41, 5.74) is 1.09. The third-order valence-electron chi connectivity index (χ3n) is 5.49. The summed E-state index contributed by atoms with van der Waals surface area (Å²) in [6.07, 6.45) is 10.7. The Bertz CT molecular complexity index is 534. The molecule has 24 heavy (non-hydrogen) atoms. The summed E-state index contributed by atoms with van der Waals surface area (Å²) in [5.74, 6) is 0.867. The predicted octanol–water partition coefficient (Wildman–Crippen LogP) is 4.48. The second-order valence-electron chi connectivity index (χ2n) is 7.16. The highest BCUT2D eigenvalue weighted by molar-refractivity contribution is 5.75. The summed E-state index contributed by atoms with van der Waals surface area (Å²) in [6, 6.07) is 8.86. The van der Waals surface area contributed by atoms with Gasteiger partial charge in [-0.1, -0.05) is 50.3 Å². The molecule has 0 heterocycles. The van der Waals surface area contributed by atoms with E-state index in [-0.39, 0.29) is 6.03 Å². The average Bonchev–Trinajstić information content (AvgIpc) is 3.15. The maximum Gasteiger partial charge on any atom is 0.318 e. The summed E-state index contributed by atoms with van der Waals surface area (Å²) in [6.45, 7) is 0.632. The number of benzene rings is 1. The van der Waals surface area contributed by atoms with E-state index in [4.69, 9.17) is 4.74 Å². The number of rotatable bonds is 5. The summed E-state index contributed by atoms with van der Waals surface area (Å²) in [5, 5.41) is 3.30. The zero-order valence-electron chi connectivity index (χ0n) is 14.8. The fourth-order valence-electron chi connectivity index (χ4n) is 4.10. The number of methoxy groups -OCH3 is 1. The topological polar surface area (TPSA) is 41.6 Å². The minimum atomic E-state index is 0.111. The number of hydrogen-bond donors (Lipinski definition) is 1. The summed E-state index contributed by atoms with van der Waals surface area (Å²) in [4.78, 5) is 15.0. The molecule has 4 heteroatoms. The first kappa shape index (κ1) is 17.1. The smallest absolute Gasteiger partial charge is 0.318 e. The second kappa shape index (κ2) is 8.41. The van der Waals surface area contributed by atoms with E-state index in [0.717, 1.165) is 37.0 Å². The number of hydrogen-bond acceptors (Lipinski definition) is 2. The molecule has 132 valence electrons. The molecule has 1 N–H and O–H groups in total. The Kier molecular flexibility index (Phi) is 6.00. The Morgan fingerprint density at radius 2 is 1.75 bits per heavy atom. The Labute approximate surface area is 145 Å². The van der Waals surface area contributed by atoms with E-state index in [2.05, 4.69) is 16.3 Å². The van der Waals surface area contributed by atoms with Gasteiger partial charge in [-0.05, 0) is 31.7 Å². The molecule has 0 unspecified atom stereocenters. The van der Waals surface area contributed by atoms with E-state index < -0.39 is 0 Å². The van der Waals surface area contributed by atoms with Crippen LogP contribution in [-0.4, -0.2) is 30.1 Å². The molecule has 1 aromatic rings. The number of ether oxygens (including phenoxy) is 1. The summed E-state index contributed by atoms with van der Waals surface area (Å²) in [7, 11) is 1.70. The number of nitrogens with one attached hydrogen (secondary N) is 1. The molecule has 0 bridgehead atoms. The van der Waals surface area contributed by atoms with Crippen LogP contribution in [0.1, 0.15) is 63.4 Å². The normalized spacial score (nSPS) is 19.2. The molecular weight excluding hydrogens is 300 g/mol. The third kappa shape index (κ3) is 4.22. The van der Waals surface area contributed by atoms with Crippen LogP contribution in [0.2, 0.25) is 0 Å². The molecular formula is C20H30N2O2. The van der Waals surface area contributed by atoms with Gasteiger partial charge in [0.05, 0.1) is 13.7 Å². The number of para-hydroxylation sites is 1. The molecule has 2 aliphatic rings. The minimum absolute atomic E-state index is 0.111. The number of carbonyl (C=O) groups excluding carboxylic acids is 1. The van der Waals surface area contributed by atoms with Crippen molar-refractivity contribution in [3.05, 3.63) is 29.8 Å². The number of nitrogens with zero attached hydrogens (tertiary/aromatic N) is 1. The molecule has 0 atom stereocenters. The highest BCUT2D eigenvalue weighted by Crippen LogP contribution is 2.28. The van der Waals surface area contributed by atoms with Crippen LogP contribution < -0.4 is 10.1 Å². The van der Waals surface area contributed by atoms with Crippen molar-refractivity contribution < 1.29 is 9.53 Å². The van der Waals surface area contributed by atoms with Gasteiger partial charge in [0.15, 0.2) is 0 Å². The van der Waals surface area contributed by atoms with Crippen molar-refractivity contribution in [3.63, 3.8) is 0 Å². The molecule has 2 amide bonds. The van der Waals surface area contributed by atoms with Crippen LogP contribution >= 0.6 is 0 Å². The van der Waals surface area contributed by atoms with Crippen LogP contribution in [0.4, 0.5) is 4.79 Å². The first-order chi connectivity index (χ1) is 11.8. The van der Waals surface area contributed by atoms with Crippen LogP contribution in [0.3, 0.4) is 0 Å². The van der Waals surface area contributed by atoms with E-state index in [1.807, 2.05) is 18.2 Å². The first-order valence-electron chi connectivity index (χ1n) is 9.47. The zero-order valence-corrected chi connectivity index (χ0v) is 14.8. The van der Waals surface area contributed by atoms with Crippen LogP contribution in [-0.2, 0) is 6.54 Å². The third-order valence-corrected chi connectivity index (χ3v) is 5.49. The second-order valence-corrected chi connectivity index (χ2v) is 7.16. The van der Waals surface area contributed by atoms with Crippen molar-refractivity contribution >= 4 is 6.03 Å².